The monoisotopic (exact) mass is 183 g/mol. The largest absolute Gasteiger partial charge is 0.481 e. The second-order valence-electron chi connectivity index (χ2n) is 4.33. The van der Waals surface area contributed by atoms with Crippen LogP contribution in [0.5, 0.6) is 0 Å². The summed E-state index contributed by atoms with van der Waals surface area (Å²) in [5.74, 6) is -0.139. The lowest BCUT2D eigenvalue weighted by atomic mass is 9.76. The van der Waals surface area contributed by atoms with Crippen LogP contribution in [-0.2, 0) is 4.79 Å². The molecule has 0 spiro atoms. The summed E-state index contributed by atoms with van der Waals surface area (Å²) in [4.78, 5) is 10.8. The summed E-state index contributed by atoms with van der Waals surface area (Å²) >= 11 is 0. The second kappa shape index (κ2) is 3.66. The van der Waals surface area contributed by atoms with Crippen molar-refractivity contribution in [1.29, 1.82) is 0 Å². The molecule has 2 aliphatic rings. The summed E-state index contributed by atoms with van der Waals surface area (Å²) < 4.78 is 0. The third kappa shape index (κ3) is 1.85. The van der Waals surface area contributed by atoms with Gasteiger partial charge in [0.15, 0.2) is 0 Å². The molecule has 0 bridgehead atoms. The van der Waals surface area contributed by atoms with Gasteiger partial charge in [-0.3, -0.25) is 4.79 Å². The molecule has 1 aliphatic heterocycles. The summed E-state index contributed by atoms with van der Waals surface area (Å²) in [6.45, 7) is 0.677. The van der Waals surface area contributed by atoms with Crippen LogP contribution < -0.4 is 5.32 Å². The van der Waals surface area contributed by atoms with Crippen LogP contribution in [0.15, 0.2) is 0 Å². The van der Waals surface area contributed by atoms with Gasteiger partial charge < -0.3 is 10.4 Å². The van der Waals surface area contributed by atoms with Crippen molar-refractivity contribution in [2.24, 2.45) is 11.8 Å². The number of fused-ring (bicyclic) bond motifs is 1. The highest BCUT2D eigenvalue weighted by atomic mass is 16.4. The molecule has 3 nitrogen and oxygen atoms in total. The molecule has 2 rings (SSSR count). The molecule has 0 radical (unpaired) electrons. The molecule has 1 heterocycles. The van der Waals surface area contributed by atoms with Crippen molar-refractivity contribution < 1.29 is 9.90 Å². The van der Waals surface area contributed by atoms with E-state index in [1.165, 1.54) is 25.7 Å². The molecule has 2 fully saturated rings. The predicted octanol–water partition coefficient (Wildman–Crippen LogP) is 1.24. The highest BCUT2D eigenvalue weighted by Crippen LogP contribution is 2.32. The summed E-state index contributed by atoms with van der Waals surface area (Å²) in [5.41, 5.74) is 0. The van der Waals surface area contributed by atoms with E-state index in [-0.39, 0.29) is 5.92 Å². The van der Waals surface area contributed by atoms with Gasteiger partial charge in [0.05, 0.1) is 5.92 Å². The molecule has 0 aromatic heterocycles. The number of hydrogen-bond acceptors (Lipinski definition) is 2. The third-order valence-corrected chi connectivity index (χ3v) is 3.47. The van der Waals surface area contributed by atoms with Crippen molar-refractivity contribution in [3.8, 4) is 0 Å². The first-order valence-corrected chi connectivity index (χ1v) is 5.23. The van der Waals surface area contributed by atoms with Gasteiger partial charge in [-0.15, -0.1) is 0 Å². The topological polar surface area (TPSA) is 49.3 Å². The minimum atomic E-state index is -0.628. The van der Waals surface area contributed by atoms with Crippen LogP contribution in [0, 0.1) is 11.8 Å². The number of carbonyl (C=O) groups is 1. The standard InChI is InChI=1S/C10H17NO2/c12-10(13)8-5-7-3-1-2-4-9(7)11-6-8/h7-9,11H,1-6H2,(H,12,13). The normalized spacial score (nSPS) is 39.5. The van der Waals surface area contributed by atoms with E-state index in [2.05, 4.69) is 5.32 Å². The van der Waals surface area contributed by atoms with E-state index < -0.39 is 5.97 Å². The van der Waals surface area contributed by atoms with Gasteiger partial charge in [-0.25, -0.2) is 0 Å². The van der Waals surface area contributed by atoms with Gasteiger partial charge in [-0.1, -0.05) is 12.8 Å². The van der Waals surface area contributed by atoms with E-state index in [9.17, 15) is 4.79 Å². The zero-order valence-corrected chi connectivity index (χ0v) is 7.83. The van der Waals surface area contributed by atoms with E-state index in [1.807, 2.05) is 0 Å². The number of rotatable bonds is 1. The molecule has 13 heavy (non-hydrogen) atoms. The van der Waals surface area contributed by atoms with Crippen molar-refractivity contribution in [2.75, 3.05) is 6.54 Å². The first-order chi connectivity index (χ1) is 6.27. The molecular weight excluding hydrogens is 166 g/mol. The van der Waals surface area contributed by atoms with E-state index in [0.717, 1.165) is 6.42 Å². The fourth-order valence-electron chi connectivity index (χ4n) is 2.69. The summed E-state index contributed by atoms with van der Waals surface area (Å²) in [5, 5.41) is 12.3. The van der Waals surface area contributed by atoms with E-state index in [0.29, 0.717) is 18.5 Å². The number of hydrogen-bond donors (Lipinski definition) is 2. The Labute approximate surface area is 78.5 Å². The van der Waals surface area contributed by atoms with Crippen molar-refractivity contribution in [1.82, 2.24) is 5.32 Å². The van der Waals surface area contributed by atoms with E-state index in [1.54, 1.807) is 0 Å². The quantitative estimate of drug-likeness (QED) is 0.643. The minimum absolute atomic E-state index is 0.139. The molecule has 3 atom stereocenters. The number of aliphatic carboxylic acids is 1. The van der Waals surface area contributed by atoms with Crippen molar-refractivity contribution in [2.45, 2.75) is 38.1 Å². The first kappa shape index (κ1) is 9.00. The second-order valence-corrected chi connectivity index (χ2v) is 4.33. The Bertz CT molecular complexity index is 205. The average Bonchev–Trinajstić information content (AvgIpc) is 2.17. The first-order valence-electron chi connectivity index (χ1n) is 5.23. The average molecular weight is 183 g/mol. The van der Waals surface area contributed by atoms with Crippen molar-refractivity contribution >= 4 is 5.97 Å². The van der Waals surface area contributed by atoms with Gasteiger partial charge in [0.25, 0.3) is 0 Å². The molecule has 0 aromatic rings. The summed E-state index contributed by atoms with van der Waals surface area (Å²) in [6, 6.07) is 0.615. The molecular formula is C10H17NO2. The smallest absolute Gasteiger partial charge is 0.307 e. The molecule has 2 N–H and O–H groups in total. The predicted molar refractivity (Wildman–Crippen MR) is 49.5 cm³/mol. The lowest BCUT2D eigenvalue weighted by molar-refractivity contribution is -0.143. The molecule has 3 unspecified atom stereocenters. The summed E-state index contributed by atoms with van der Waals surface area (Å²) in [6.07, 6.45) is 5.96. The van der Waals surface area contributed by atoms with Crippen LogP contribution in [-0.4, -0.2) is 23.7 Å². The highest BCUT2D eigenvalue weighted by molar-refractivity contribution is 5.70. The molecule has 1 aliphatic carbocycles. The Balaban J connectivity index is 1.95. The van der Waals surface area contributed by atoms with Gasteiger partial charge in [0, 0.05) is 12.6 Å². The third-order valence-electron chi connectivity index (χ3n) is 3.47. The Kier molecular flexibility index (Phi) is 2.54. The SMILES string of the molecule is O=C(O)C1CNC2CCCCC2C1. The lowest BCUT2D eigenvalue weighted by Gasteiger charge is -2.38. The van der Waals surface area contributed by atoms with Gasteiger partial charge in [0.2, 0.25) is 0 Å². The minimum Gasteiger partial charge on any atom is -0.481 e. The molecule has 0 aromatic carbocycles. The zero-order valence-electron chi connectivity index (χ0n) is 7.83. The van der Waals surface area contributed by atoms with Gasteiger partial charge in [0.1, 0.15) is 0 Å². The molecule has 3 heteroatoms. The number of nitrogens with one attached hydrogen (secondary N) is 1. The van der Waals surface area contributed by atoms with E-state index >= 15 is 0 Å². The zero-order chi connectivity index (χ0) is 9.26. The number of carboxylic acids is 1. The Morgan fingerprint density at radius 2 is 2.08 bits per heavy atom. The van der Waals surface area contributed by atoms with Crippen molar-refractivity contribution in [3.63, 3.8) is 0 Å². The maximum atomic E-state index is 10.8. The van der Waals surface area contributed by atoms with Crippen LogP contribution in [0.25, 0.3) is 0 Å². The maximum Gasteiger partial charge on any atom is 0.307 e. The molecule has 74 valence electrons. The van der Waals surface area contributed by atoms with Crippen LogP contribution in [0.3, 0.4) is 0 Å². The Morgan fingerprint density at radius 3 is 2.85 bits per heavy atom. The Hall–Kier alpha value is -0.570. The van der Waals surface area contributed by atoms with E-state index in [4.69, 9.17) is 5.11 Å². The van der Waals surface area contributed by atoms with Crippen LogP contribution in [0.2, 0.25) is 0 Å². The lowest BCUT2D eigenvalue weighted by Crippen LogP contribution is -2.48. The molecule has 1 saturated heterocycles. The number of piperidine rings is 1. The van der Waals surface area contributed by atoms with Gasteiger partial charge >= 0.3 is 5.97 Å². The van der Waals surface area contributed by atoms with Crippen LogP contribution in [0.1, 0.15) is 32.1 Å². The summed E-state index contributed by atoms with van der Waals surface area (Å²) in [7, 11) is 0. The van der Waals surface area contributed by atoms with Gasteiger partial charge in [-0.2, -0.15) is 0 Å². The molecule has 1 saturated carbocycles. The van der Waals surface area contributed by atoms with Crippen molar-refractivity contribution in [3.05, 3.63) is 0 Å². The Morgan fingerprint density at radius 1 is 1.31 bits per heavy atom. The molecule has 0 amide bonds. The maximum absolute atomic E-state index is 10.8. The fraction of sp³-hybridized carbons (Fsp3) is 0.900. The van der Waals surface area contributed by atoms with Crippen LogP contribution >= 0.6 is 0 Å². The fourth-order valence-corrected chi connectivity index (χ4v) is 2.69. The van der Waals surface area contributed by atoms with Gasteiger partial charge in [-0.05, 0) is 25.2 Å². The number of carboxylic acid groups (broad SMARTS) is 1. The highest BCUT2D eigenvalue weighted by Gasteiger charge is 2.34. The van der Waals surface area contributed by atoms with Crippen LogP contribution in [0.4, 0.5) is 0 Å².